The van der Waals surface area contributed by atoms with Gasteiger partial charge in [-0.3, -0.25) is 0 Å². The molecule has 0 saturated heterocycles. The summed E-state index contributed by atoms with van der Waals surface area (Å²) < 4.78 is 0. The van der Waals surface area contributed by atoms with Crippen molar-refractivity contribution >= 4 is 0 Å². The Bertz CT molecular complexity index is 329. The molecule has 0 N–H and O–H groups in total. The summed E-state index contributed by atoms with van der Waals surface area (Å²) in [5.41, 5.74) is 1.53. The minimum absolute atomic E-state index is 0.738. The number of nitrogens with zero attached hydrogens (tertiary/aromatic N) is 1. The van der Waals surface area contributed by atoms with E-state index in [0.717, 1.165) is 11.8 Å². The van der Waals surface area contributed by atoms with Crippen molar-refractivity contribution in [3.05, 3.63) is 35.9 Å². The molecule has 0 amide bonds. The quantitative estimate of drug-likeness (QED) is 0.558. The maximum atomic E-state index is 2.53. The standard InChI is InChI=1S/C19H33N/c1-5-17(4)16-19(18-12-9-8-10-13-18)14-11-15-20(6-2)7-3/h8-10,12-13,17,19H,5-7,11,14-16H2,1-4H3. The van der Waals surface area contributed by atoms with E-state index in [0.29, 0.717) is 0 Å². The smallest absolute Gasteiger partial charge is 0.00188 e. The van der Waals surface area contributed by atoms with Crippen LogP contribution in [0.2, 0.25) is 0 Å². The highest BCUT2D eigenvalue weighted by molar-refractivity contribution is 5.19. The third-order valence-corrected chi connectivity index (χ3v) is 4.58. The van der Waals surface area contributed by atoms with Gasteiger partial charge in [0, 0.05) is 0 Å². The van der Waals surface area contributed by atoms with Crippen molar-refractivity contribution in [2.24, 2.45) is 5.92 Å². The van der Waals surface area contributed by atoms with Crippen molar-refractivity contribution in [3.63, 3.8) is 0 Å². The summed E-state index contributed by atoms with van der Waals surface area (Å²) in [5.74, 6) is 1.57. The van der Waals surface area contributed by atoms with Crippen molar-refractivity contribution < 1.29 is 0 Å². The van der Waals surface area contributed by atoms with Gasteiger partial charge >= 0.3 is 0 Å². The molecule has 0 bridgehead atoms. The predicted molar refractivity (Wildman–Crippen MR) is 90.3 cm³/mol. The third-order valence-electron chi connectivity index (χ3n) is 4.58. The Kier molecular flexibility index (Phi) is 8.60. The Labute approximate surface area is 126 Å². The summed E-state index contributed by atoms with van der Waals surface area (Å²) >= 11 is 0. The SMILES string of the molecule is CCC(C)CC(CCCN(CC)CC)c1ccccc1. The fraction of sp³-hybridized carbons (Fsp3) is 0.684. The van der Waals surface area contributed by atoms with Crippen LogP contribution in [0.25, 0.3) is 0 Å². The fourth-order valence-corrected chi connectivity index (χ4v) is 2.90. The Morgan fingerprint density at radius 3 is 2.20 bits per heavy atom. The Morgan fingerprint density at radius 1 is 1.00 bits per heavy atom. The van der Waals surface area contributed by atoms with Crippen LogP contribution in [0.3, 0.4) is 0 Å². The maximum absolute atomic E-state index is 2.53. The molecule has 1 aromatic carbocycles. The lowest BCUT2D eigenvalue weighted by Crippen LogP contribution is -2.24. The summed E-state index contributed by atoms with van der Waals surface area (Å²) in [4.78, 5) is 2.53. The molecule has 0 aliphatic carbocycles. The summed E-state index contributed by atoms with van der Waals surface area (Å²) in [7, 11) is 0. The molecule has 20 heavy (non-hydrogen) atoms. The number of hydrogen-bond donors (Lipinski definition) is 0. The number of benzene rings is 1. The molecule has 1 heteroatoms. The van der Waals surface area contributed by atoms with Crippen LogP contribution in [0.4, 0.5) is 0 Å². The number of rotatable bonds is 10. The predicted octanol–water partition coefficient (Wildman–Crippen LogP) is 5.33. The van der Waals surface area contributed by atoms with E-state index in [1.807, 2.05) is 0 Å². The van der Waals surface area contributed by atoms with E-state index in [-0.39, 0.29) is 0 Å². The van der Waals surface area contributed by atoms with Crippen molar-refractivity contribution in [3.8, 4) is 0 Å². The second-order valence-corrected chi connectivity index (χ2v) is 6.03. The summed E-state index contributed by atoms with van der Waals surface area (Å²) in [6, 6.07) is 11.1. The third kappa shape index (κ3) is 6.09. The van der Waals surface area contributed by atoms with Crippen LogP contribution in [0.5, 0.6) is 0 Å². The zero-order valence-corrected chi connectivity index (χ0v) is 13.9. The monoisotopic (exact) mass is 275 g/mol. The highest BCUT2D eigenvalue weighted by Crippen LogP contribution is 2.29. The van der Waals surface area contributed by atoms with E-state index >= 15 is 0 Å². The zero-order valence-electron chi connectivity index (χ0n) is 13.9. The van der Waals surface area contributed by atoms with Crippen molar-refractivity contribution in [2.45, 2.75) is 59.3 Å². The van der Waals surface area contributed by atoms with E-state index in [4.69, 9.17) is 0 Å². The molecular formula is C19H33N. The van der Waals surface area contributed by atoms with Gasteiger partial charge < -0.3 is 4.90 Å². The lowest BCUT2D eigenvalue weighted by atomic mass is 9.85. The van der Waals surface area contributed by atoms with Crippen molar-refractivity contribution in [1.29, 1.82) is 0 Å². The lowest BCUT2D eigenvalue weighted by Gasteiger charge is -2.23. The van der Waals surface area contributed by atoms with E-state index < -0.39 is 0 Å². The molecule has 0 aliphatic heterocycles. The maximum Gasteiger partial charge on any atom is -0.00188 e. The van der Waals surface area contributed by atoms with Crippen LogP contribution in [0.15, 0.2) is 30.3 Å². The van der Waals surface area contributed by atoms with Crippen LogP contribution in [-0.2, 0) is 0 Å². The van der Waals surface area contributed by atoms with E-state index in [2.05, 4.69) is 62.9 Å². The van der Waals surface area contributed by atoms with Crippen LogP contribution in [0.1, 0.15) is 64.9 Å². The van der Waals surface area contributed by atoms with Gasteiger partial charge in [0.15, 0.2) is 0 Å². The second kappa shape index (κ2) is 9.99. The van der Waals surface area contributed by atoms with Crippen LogP contribution >= 0.6 is 0 Å². The van der Waals surface area contributed by atoms with Crippen molar-refractivity contribution in [1.82, 2.24) is 4.90 Å². The molecular weight excluding hydrogens is 242 g/mol. The topological polar surface area (TPSA) is 3.24 Å². The van der Waals surface area contributed by atoms with Gasteiger partial charge in [-0.25, -0.2) is 0 Å². The normalized spacial score (nSPS) is 14.4. The van der Waals surface area contributed by atoms with E-state index in [1.165, 1.54) is 50.9 Å². The lowest BCUT2D eigenvalue weighted by molar-refractivity contribution is 0.289. The molecule has 0 fully saturated rings. The van der Waals surface area contributed by atoms with Gasteiger partial charge in [0.1, 0.15) is 0 Å². The van der Waals surface area contributed by atoms with Gasteiger partial charge in [0.05, 0.1) is 0 Å². The molecule has 1 rings (SSSR count). The second-order valence-electron chi connectivity index (χ2n) is 6.03. The molecule has 1 aromatic rings. The van der Waals surface area contributed by atoms with E-state index in [9.17, 15) is 0 Å². The molecule has 0 heterocycles. The van der Waals surface area contributed by atoms with Gasteiger partial charge in [-0.1, -0.05) is 64.4 Å². The van der Waals surface area contributed by atoms with Gasteiger partial charge in [0.2, 0.25) is 0 Å². The van der Waals surface area contributed by atoms with Crippen LogP contribution in [-0.4, -0.2) is 24.5 Å². The molecule has 0 saturated carbocycles. The summed E-state index contributed by atoms with van der Waals surface area (Å²) in [6.45, 7) is 12.8. The first-order chi connectivity index (χ1) is 9.71. The first kappa shape index (κ1) is 17.2. The van der Waals surface area contributed by atoms with Gasteiger partial charge in [0.25, 0.3) is 0 Å². The zero-order chi connectivity index (χ0) is 14.8. The van der Waals surface area contributed by atoms with E-state index in [1.54, 1.807) is 0 Å². The van der Waals surface area contributed by atoms with Gasteiger partial charge in [-0.05, 0) is 56.3 Å². The molecule has 0 radical (unpaired) electrons. The van der Waals surface area contributed by atoms with Gasteiger partial charge in [-0.2, -0.15) is 0 Å². The van der Waals surface area contributed by atoms with Crippen molar-refractivity contribution in [2.75, 3.05) is 19.6 Å². The first-order valence-electron chi connectivity index (χ1n) is 8.48. The molecule has 2 unspecified atom stereocenters. The minimum Gasteiger partial charge on any atom is -0.304 e. The minimum atomic E-state index is 0.738. The molecule has 114 valence electrons. The molecule has 2 atom stereocenters. The Morgan fingerprint density at radius 2 is 1.65 bits per heavy atom. The number of hydrogen-bond acceptors (Lipinski definition) is 1. The largest absolute Gasteiger partial charge is 0.304 e. The Balaban J connectivity index is 2.55. The Hall–Kier alpha value is -0.820. The highest BCUT2D eigenvalue weighted by atomic mass is 15.1. The fourth-order valence-electron chi connectivity index (χ4n) is 2.90. The molecule has 0 aliphatic rings. The molecule has 1 nitrogen and oxygen atoms in total. The summed E-state index contributed by atoms with van der Waals surface area (Å²) in [6.07, 6.45) is 5.26. The highest BCUT2D eigenvalue weighted by Gasteiger charge is 2.14. The van der Waals surface area contributed by atoms with Crippen LogP contribution < -0.4 is 0 Å². The van der Waals surface area contributed by atoms with Gasteiger partial charge in [-0.15, -0.1) is 0 Å². The molecule has 0 spiro atoms. The first-order valence-corrected chi connectivity index (χ1v) is 8.48. The average molecular weight is 275 g/mol. The summed E-state index contributed by atoms with van der Waals surface area (Å²) in [5, 5.41) is 0. The average Bonchev–Trinajstić information content (AvgIpc) is 2.51. The molecule has 0 aromatic heterocycles. The van der Waals surface area contributed by atoms with Crippen LogP contribution in [0, 0.1) is 5.92 Å².